The van der Waals surface area contributed by atoms with Crippen molar-refractivity contribution in [2.75, 3.05) is 35.7 Å². The number of hydrogen-bond donors (Lipinski definition) is 2. The number of aromatic nitrogens is 1. The van der Waals surface area contributed by atoms with Gasteiger partial charge >= 0.3 is 6.03 Å². The molecule has 1 aliphatic rings. The molecule has 0 bridgehead atoms. The average Bonchev–Trinajstić information content (AvgIpc) is 3.32. The van der Waals surface area contributed by atoms with Crippen molar-refractivity contribution in [3.8, 4) is 11.6 Å². The first-order chi connectivity index (χ1) is 16.4. The number of nitrogens with one attached hydrogen (secondary N) is 2. The molecule has 1 aromatic heterocycles. The number of pyridine rings is 1. The Balaban J connectivity index is 1.29. The molecule has 1 unspecified atom stereocenters. The second-order valence-electron chi connectivity index (χ2n) is 8.06. The van der Waals surface area contributed by atoms with Gasteiger partial charge < -0.3 is 25.2 Å². The van der Waals surface area contributed by atoms with Crippen molar-refractivity contribution >= 4 is 29.0 Å². The Hall–Kier alpha value is -4.14. The zero-order valence-corrected chi connectivity index (χ0v) is 19.0. The van der Waals surface area contributed by atoms with E-state index < -0.39 is 11.8 Å². The molecule has 34 heavy (non-hydrogen) atoms. The van der Waals surface area contributed by atoms with Crippen LogP contribution < -0.4 is 20.3 Å². The fraction of sp³-hybridized carbons (Fsp3) is 0.240. The molecule has 1 atom stereocenters. The molecule has 0 aliphatic carbocycles. The molecule has 1 aliphatic heterocycles. The van der Waals surface area contributed by atoms with Crippen molar-refractivity contribution in [3.05, 3.63) is 72.7 Å². The maximum atomic E-state index is 13.7. The standard InChI is InChI=1S/C25H26FN5O3/c1-17(32)30(2)21-13-14-31(16-21)20-10-7-18(8-11-20)28-25(33)29-19-9-12-24(27-15-19)34-23-6-4-3-5-22(23)26/h3-12,15,21H,13-14,16H2,1-2H3,(H2,28,29,33). The van der Waals surface area contributed by atoms with Gasteiger partial charge in [-0.05, 0) is 48.9 Å². The summed E-state index contributed by atoms with van der Waals surface area (Å²) in [6, 6.07) is 16.6. The molecule has 3 amide bonds. The molecule has 8 nitrogen and oxygen atoms in total. The van der Waals surface area contributed by atoms with Crippen LogP contribution in [0.2, 0.25) is 0 Å². The first-order valence-corrected chi connectivity index (χ1v) is 10.9. The Kier molecular flexibility index (Phi) is 6.91. The summed E-state index contributed by atoms with van der Waals surface area (Å²) in [6.07, 6.45) is 2.36. The molecule has 0 radical (unpaired) electrons. The molecule has 4 rings (SSSR count). The van der Waals surface area contributed by atoms with E-state index in [9.17, 15) is 14.0 Å². The third-order valence-electron chi connectivity index (χ3n) is 5.74. The highest BCUT2D eigenvalue weighted by molar-refractivity contribution is 5.99. The molecule has 2 N–H and O–H groups in total. The highest BCUT2D eigenvalue weighted by Gasteiger charge is 2.27. The van der Waals surface area contributed by atoms with Crippen molar-refractivity contribution in [1.29, 1.82) is 0 Å². The maximum Gasteiger partial charge on any atom is 0.323 e. The average molecular weight is 464 g/mol. The number of ether oxygens (including phenoxy) is 1. The topological polar surface area (TPSA) is 86.8 Å². The van der Waals surface area contributed by atoms with Crippen molar-refractivity contribution in [1.82, 2.24) is 9.88 Å². The summed E-state index contributed by atoms with van der Waals surface area (Å²) >= 11 is 0. The minimum Gasteiger partial charge on any atom is -0.436 e. The van der Waals surface area contributed by atoms with Crippen LogP contribution in [-0.2, 0) is 4.79 Å². The molecule has 2 aromatic carbocycles. The SMILES string of the molecule is CC(=O)N(C)C1CCN(c2ccc(NC(=O)Nc3ccc(Oc4ccccc4F)nc3)cc2)C1. The monoisotopic (exact) mass is 463 g/mol. The van der Waals surface area contributed by atoms with Gasteiger partial charge in [0.25, 0.3) is 0 Å². The van der Waals surface area contributed by atoms with Crippen LogP contribution >= 0.6 is 0 Å². The minimum absolute atomic E-state index is 0.0693. The van der Waals surface area contributed by atoms with Crippen molar-refractivity contribution in [3.63, 3.8) is 0 Å². The van der Waals surface area contributed by atoms with E-state index in [2.05, 4.69) is 20.5 Å². The number of carbonyl (C=O) groups is 2. The Bertz CT molecular complexity index is 1150. The summed E-state index contributed by atoms with van der Waals surface area (Å²) in [4.78, 5) is 32.1. The predicted octanol–water partition coefficient (Wildman–Crippen LogP) is 4.71. The second-order valence-corrected chi connectivity index (χ2v) is 8.06. The van der Waals surface area contributed by atoms with Crippen LogP contribution in [0.1, 0.15) is 13.3 Å². The van der Waals surface area contributed by atoms with Gasteiger partial charge in [0.15, 0.2) is 11.6 Å². The van der Waals surface area contributed by atoms with E-state index in [0.29, 0.717) is 11.4 Å². The summed E-state index contributed by atoms with van der Waals surface area (Å²) in [6.45, 7) is 3.24. The lowest BCUT2D eigenvalue weighted by molar-refractivity contribution is -0.129. The van der Waals surface area contributed by atoms with E-state index in [0.717, 1.165) is 25.2 Å². The van der Waals surface area contributed by atoms with E-state index in [1.54, 1.807) is 36.1 Å². The lowest BCUT2D eigenvalue weighted by atomic mass is 10.2. The highest BCUT2D eigenvalue weighted by Crippen LogP contribution is 2.25. The van der Waals surface area contributed by atoms with Gasteiger partial charge in [0, 0.05) is 44.5 Å². The Morgan fingerprint density at radius 3 is 2.44 bits per heavy atom. The normalized spacial score (nSPS) is 15.0. The zero-order chi connectivity index (χ0) is 24.1. The molecular weight excluding hydrogens is 437 g/mol. The minimum atomic E-state index is -0.482. The van der Waals surface area contributed by atoms with Crippen LogP contribution in [0.5, 0.6) is 11.6 Å². The molecule has 0 saturated carbocycles. The molecule has 0 spiro atoms. The largest absolute Gasteiger partial charge is 0.436 e. The van der Waals surface area contributed by atoms with Crippen molar-refractivity contribution < 1.29 is 18.7 Å². The number of likely N-dealkylation sites (N-methyl/N-ethyl adjacent to an activating group) is 1. The lowest BCUT2D eigenvalue weighted by Crippen LogP contribution is -2.37. The van der Waals surface area contributed by atoms with Gasteiger partial charge in [-0.3, -0.25) is 4.79 Å². The fourth-order valence-electron chi connectivity index (χ4n) is 3.75. The number of nitrogens with zero attached hydrogens (tertiary/aromatic N) is 3. The van der Waals surface area contributed by atoms with Gasteiger partial charge in [0.2, 0.25) is 11.8 Å². The number of amides is 3. The number of para-hydroxylation sites is 1. The number of hydrogen-bond acceptors (Lipinski definition) is 5. The molecule has 1 fully saturated rings. The van der Waals surface area contributed by atoms with Crippen LogP contribution in [0.4, 0.5) is 26.2 Å². The van der Waals surface area contributed by atoms with Crippen molar-refractivity contribution in [2.45, 2.75) is 19.4 Å². The quantitative estimate of drug-likeness (QED) is 0.553. The van der Waals surface area contributed by atoms with E-state index in [4.69, 9.17) is 4.74 Å². The number of carbonyl (C=O) groups excluding carboxylic acids is 2. The summed E-state index contributed by atoms with van der Waals surface area (Å²) in [5.41, 5.74) is 2.15. The van der Waals surface area contributed by atoms with Crippen LogP contribution in [0.15, 0.2) is 66.9 Å². The van der Waals surface area contributed by atoms with Gasteiger partial charge in [-0.15, -0.1) is 0 Å². The first-order valence-electron chi connectivity index (χ1n) is 10.9. The fourth-order valence-corrected chi connectivity index (χ4v) is 3.75. The maximum absolute atomic E-state index is 13.7. The molecule has 3 aromatic rings. The number of anilines is 3. The molecule has 176 valence electrons. The van der Waals surface area contributed by atoms with E-state index >= 15 is 0 Å². The Morgan fingerprint density at radius 2 is 1.76 bits per heavy atom. The number of urea groups is 1. The predicted molar refractivity (Wildman–Crippen MR) is 129 cm³/mol. The smallest absolute Gasteiger partial charge is 0.323 e. The molecule has 2 heterocycles. The van der Waals surface area contributed by atoms with E-state index in [1.807, 2.05) is 31.3 Å². The van der Waals surface area contributed by atoms with Gasteiger partial charge in [-0.2, -0.15) is 0 Å². The third kappa shape index (κ3) is 5.61. The number of benzene rings is 2. The third-order valence-corrected chi connectivity index (χ3v) is 5.74. The lowest BCUT2D eigenvalue weighted by Gasteiger charge is -2.24. The van der Waals surface area contributed by atoms with Crippen LogP contribution in [0.25, 0.3) is 0 Å². The molecular formula is C25H26FN5O3. The summed E-state index contributed by atoms with van der Waals surface area (Å²) in [7, 11) is 1.83. The number of halogens is 1. The Labute approximate surface area is 197 Å². The van der Waals surface area contributed by atoms with Gasteiger partial charge in [0.05, 0.1) is 17.9 Å². The first kappa shape index (κ1) is 23.0. The zero-order valence-electron chi connectivity index (χ0n) is 19.0. The summed E-state index contributed by atoms with van der Waals surface area (Å²) in [5.74, 6) is -0.123. The van der Waals surface area contributed by atoms with E-state index in [-0.39, 0.29) is 23.6 Å². The molecule has 1 saturated heterocycles. The van der Waals surface area contributed by atoms with Gasteiger partial charge in [-0.1, -0.05) is 12.1 Å². The highest BCUT2D eigenvalue weighted by atomic mass is 19.1. The van der Waals surface area contributed by atoms with Crippen LogP contribution in [0, 0.1) is 5.82 Å². The van der Waals surface area contributed by atoms with Crippen molar-refractivity contribution in [2.24, 2.45) is 0 Å². The van der Waals surface area contributed by atoms with E-state index in [1.165, 1.54) is 18.3 Å². The summed E-state index contributed by atoms with van der Waals surface area (Å²) in [5, 5.41) is 5.48. The molecule has 9 heteroatoms. The second kappa shape index (κ2) is 10.2. The Morgan fingerprint density at radius 1 is 1.06 bits per heavy atom. The van der Waals surface area contributed by atoms with Gasteiger partial charge in [0.1, 0.15) is 0 Å². The van der Waals surface area contributed by atoms with Crippen LogP contribution in [-0.4, -0.2) is 48.0 Å². The summed E-state index contributed by atoms with van der Waals surface area (Å²) < 4.78 is 19.1. The van der Waals surface area contributed by atoms with Crippen LogP contribution in [0.3, 0.4) is 0 Å². The number of rotatable bonds is 6. The van der Waals surface area contributed by atoms with Gasteiger partial charge in [-0.25, -0.2) is 14.2 Å².